The Bertz CT molecular complexity index is 532. The van der Waals surface area contributed by atoms with Gasteiger partial charge in [0.05, 0.1) is 5.56 Å². The molecular formula is C13H13N3. The first-order valence-electron chi connectivity index (χ1n) is 5.18. The fourth-order valence-corrected chi connectivity index (χ4v) is 1.83. The molecule has 2 heterocycles. The van der Waals surface area contributed by atoms with Crippen LogP contribution in [-0.4, -0.2) is 9.55 Å². The van der Waals surface area contributed by atoms with Crippen LogP contribution in [-0.2, 0) is 6.54 Å². The third-order valence-electron chi connectivity index (χ3n) is 2.76. The number of aryl methyl sites for hydroxylation is 1. The summed E-state index contributed by atoms with van der Waals surface area (Å²) in [4.78, 5) is 4.09. The van der Waals surface area contributed by atoms with Gasteiger partial charge in [-0.2, -0.15) is 5.26 Å². The van der Waals surface area contributed by atoms with Gasteiger partial charge in [0.2, 0.25) is 0 Å². The van der Waals surface area contributed by atoms with E-state index in [-0.39, 0.29) is 0 Å². The van der Waals surface area contributed by atoms with E-state index in [4.69, 9.17) is 5.26 Å². The Morgan fingerprint density at radius 3 is 2.81 bits per heavy atom. The van der Waals surface area contributed by atoms with Crippen molar-refractivity contribution in [3.8, 4) is 6.07 Å². The van der Waals surface area contributed by atoms with Crippen molar-refractivity contribution in [3.05, 3.63) is 53.1 Å². The summed E-state index contributed by atoms with van der Waals surface area (Å²) in [5.74, 6) is 0. The predicted octanol–water partition coefficient (Wildman–Crippen LogP) is 2.42. The van der Waals surface area contributed by atoms with E-state index in [0.717, 1.165) is 29.1 Å². The van der Waals surface area contributed by atoms with Crippen molar-refractivity contribution in [3.63, 3.8) is 0 Å². The Labute approximate surface area is 95.0 Å². The topological polar surface area (TPSA) is 41.6 Å². The molecule has 2 aromatic rings. The minimum absolute atomic E-state index is 0.751. The molecule has 0 saturated heterocycles. The molecule has 0 fully saturated rings. The molecule has 2 aromatic heterocycles. The van der Waals surface area contributed by atoms with Crippen LogP contribution >= 0.6 is 0 Å². The van der Waals surface area contributed by atoms with Crippen LogP contribution < -0.4 is 0 Å². The first kappa shape index (κ1) is 10.4. The average molecular weight is 211 g/mol. The molecule has 0 aliphatic carbocycles. The van der Waals surface area contributed by atoms with E-state index in [9.17, 15) is 0 Å². The molecule has 0 saturated carbocycles. The number of nitrogens with zero attached hydrogens (tertiary/aromatic N) is 3. The van der Waals surface area contributed by atoms with Gasteiger partial charge in [0, 0.05) is 30.3 Å². The van der Waals surface area contributed by atoms with Gasteiger partial charge in [-0.1, -0.05) is 6.07 Å². The molecule has 3 nitrogen and oxygen atoms in total. The third-order valence-corrected chi connectivity index (χ3v) is 2.76. The average Bonchev–Trinajstić information content (AvgIpc) is 2.58. The second-order valence-corrected chi connectivity index (χ2v) is 3.84. The lowest BCUT2D eigenvalue weighted by Crippen LogP contribution is -2.04. The lowest BCUT2D eigenvalue weighted by Gasteiger charge is -2.08. The SMILES string of the molecule is Cc1cc(C#N)c(C)n1Cc1cccnc1. The quantitative estimate of drug-likeness (QED) is 0.765. The maximum absolute atomic E-state index is 8.95. The Morgan fingerprint density at radius 2 is 2.25 bits per heavy atom. The van der Waals surface area contributed by atoms with Crippen LogP contribution in [0.2, 0.25) is 0 Å². The fourth-order valence-electron chi connectivity index (χ4n) is 1.83. The lowest BCUT2D eigenvalue weighted by atomic mass is 10.2. The summed E-state index contributed by atoms with van der Waals surface area (Å²) in [7, 11) is 0. The highest BCUT2D eigenvalue weighted by molar-refractivity contribution is 5.37. The van der Waals surface area contributed by atoms with Gasteiger partial charge in [0.15, 0.2) is 0 Å². The molecule has 0 spiro atoms. The number of aromatic nitrogens is 2. The third kappa shape index (κ3) is 1.82. The molecule has 0 aliphatic rings. The summed E-state index contributed by atoms with van der Waals surface area (Å²) >= 11 is 0. The highest BCUT2D eigenvalue weighted by Gasteiger charge is 2.08. The van der Waals surface area contributed by atoms with Crippen molar-refractivity contribution in [1.82, 2.24) is 9.55 Å². The molecule has 0 aliphatic heterocycles. The van der Waals surface area contributed by atoms with Crippen LogP contribution in [0.3, 0.4) is 0 Å². The first-order chi connectivity index (χ1) is 7.72. The van der Waals surface area contributed by atoms with Gasteiger partial charge < -0.3 is 4.57 Å². The lowest BCUT2D eigenvalue weighted by molar-refractivity contribution is 0.746. The van der Waals surface area contributed by atoms with E-state index < -0.39 is 0 Å². The Morgan fingerprint density at radius 1 is 1.44 bits per heavy atom. The highest BCUT2D eigenvalue weighted by atomic mass is 15.0. The monoisotopic (exact) mass is 211 g/mol. The molecule has 2 rings (SSSR count). The smallest absolute Gasteiger partial charge is 0.101 e. The van der Waals surface area contributed by atoms with Crippen molar-refractivity contribution >= 4 is 0 Å². The van der Waals surface area contributed by atoms with Gasteiger partial charge in [-0.15, -0.1) is 0 Å². The molecule has 0 unspecified atom stereocenters. The molecule has 0 N–H and O–H groups in total. The number of hydrogen-bond acceptors (Lipinski definition) is 2. The van der Waals surface area contributed by atoms with E-state index in [1.807, 2.05) is 38.2 Å². The molecule has 3 heteroatoms. The number of pyridine rings is 1. The minimum atomic E-state index is 0.751. The zero-order valence-corrected chi connectivity index (χ0v) is 9.44. The molecule has 0 atom stereocenters. The molecular weight excluding hydrogens is 198 g/mol. The van der Waals surface area contributed by atoms with Crippen molar-refractivity contribution < 1.29 is 0 Å². The highest BCUT2D eigenvalue weighted by Crippen LogP contribution is 2.15. The summed E-state index contributed by atoms with van der Waals surface area (Å²) in [6, 6.07) is 8.09. The zero-order chi connectivity index (χ0) is 11.5. The second kappa shape index (κ2) is 4.19. The zero-order valence-electron chi connectivity index (χ0n) is 9.44. The Kier molecular flexibility index (Phi) is 2.74. The van der Waals surface area contributed by atoms with Crippen LogP contribution in [0.1, 0.15) is 22.5 Å². The largest absolute Gasteiger partial charge is 0.343 e. The van der Waals surface area contributed by atoms with Gasteiger partial charge in [-0.25, -0.2) is 0 Å². The van der Waals surface area contributed by atoms with Gasteiger partial charge >= 0.3 is 0 Å². The number of hydrogen-bond donors (Lipinski definition) is 0. The van der Waals surface area contributed by atoms with Crippen molar-refractivity contribution in [2.24, 2.45) is 0 Å². The summed E-state index contributed by atoms with van der Waals surface area (Å²) in [6.45, 7) is 4.76. The molecule has 0 radical (unpaired) electrons. The van der Waals surface area contributed by atoms with Gasteiger partial charge in [0.1, 0.15) is 6.07 Å². The van der Waals surface area contributed by atoms with Crippen LogP contribution in [0.15, 0.2) is 30.6 Å². The predicted molar refractivity (Wildman–Crippen MR) is 62.0 cm³/mol. The normalized spacial score (nSPS) is 10.1. The van der Waals surface area contributed by atoms with Crippen LogP contribution in [0.25, 0.3) is 0 Å². The first-order valence-corrected chi connectivity index (χ1v) is 5.18. The van der Waals surface area contributed by atoms with Gasteiger partial charge in [-0.3, -0.25) is 4.98 Å². The molecule has 0 amide bonds. The molecule has 80 valence electrons. The summed E-state index contributed by atoms with van der Waals surface area (Å²) in [6.07, 6.45) is 3.62. The van der Waals surface area contributed by atoms with E-state index in [1.165, 1.54) is 0 Å². The maximum atomic E-state index is 8.95. The molecule has 0 aromatic carbocycles. The summed E-state index contributed by atoms with van der Waals surface area (Å²) in [5, 5.41) is 8.95. The number of rotatable bonds is 2. The van der Waals surface area contributed by atoms with E-state index in [2.05, 4.69) is 15.6 Å². The minimum Gasteiger partial charge on any atom is -0.343 e. The molecule has 16 heavy (non-hydrogen) atoms. The Balaban J connectivity index is 2.36. The van der Waals surface area contributed by atoms with E-state index in [0.29, 0.717) is 0 Å². The molecule has 0 bridgehead atoms. The van der Waals surface area contributed by atoms with Crippen molar-refractivity contribution in [2.45, 2.75) is 20.4 Å². The van der Waals surface area contributed by atoms with Crippen LogP contribution in [0.5, 0.6) is 0 Å². The maximum Gasteiger partial charge on any atom is 0.101 e. The summed E-state index contributed by atoms with van der Waals surface area (Å²) < 4.78 is 2.13. The van der Waals surface area contributed by atoms with Gasteiger partial charge in [-0.05, 0) is 31.5 Å². The summed E-state index contributed by atoms with van der Waals surface area (Å²) in [5.41, 5.74) is 4.02. The standard InChI is InChI=1S/C13H13N3/c1-10-6-13(7-14)11(2)16(10)9-12-4-3-5-15-8-12/h3-6,8H,9H2,1-2H3. The second-order valence-electron chi connectivity index (χ2n) is 3.84. The van der Waals surface area contributed by atoms with Crippen molar-refractivity contribution in [1.29, 1.82) is 5.26 Å². The van der Waals surface area contributed by atoms with Gasteiger partial charge in [0.25, 0.3) is 0 Å². The van der Waals surface area contributed by atoms with Crippen molar-refractivity contribution in [2.75, 3.05) is 0 Å². The van der Waals surface area contributed by atoms with E-state index >= 15 is 0 Å². The van der Waals surface area contributed by atoms with Crippen LogP contribution in [0.4, 0.5) is 0 Å². The Hall–Kier alpha value is -2.08. The number of nitriles is 1. The van der Waals surface area contributed by atoms with Crippen LogP contribution in [0, 0.1) is 25.2 Å². The fraction of sp³-hybridized carbons (Fsp3) is 0.231. The van der Waals surface area contributed by atoms with E-state index in [1.54, 1.807) is 6.20 Å².